The number of hydrogen-bond acceptors (Lipinski definition) is 3. The summed E-state index contributed by atoms with van der Waals surface area (Å²) in [5.74, 6) is 0.395. The van der Waals surface area contributed by atoms with Crippen molar-refractivity contribution >= 4 is 17.6 Å². The van der Waals surface area contributed by atoms with Gasteiger partial charge in [-0.3, -0.25) is 9.20 Å². The number of benzene rings is 1. The fourth-order valence-electron chi connectivity index (χ4n) is 2.37. The number of alkyl halides is 3. The smallest absolute Gasteiger partial charge is 0.352 e. The Labute approximate surface area is 147 Å². The van der Waals surface area contributed by atoms with E-state index in [9.17, 15) is 18.0 Å². The van der Waals surface area contributed by atoms with E-state index in [1.165, 1.54) is 24.3 Å². The molecule has 0 saturated heterocycles. The lowest BCUT2D eigenvalue weighted by Gasteiger charge is -2.06. The zero-order chi connectivity index (χ0) is 18.6. The van der Waals surface area contributed by atoms with Crippen molar-refractivity contribution in [2.45, 2.75) is 12.6 Å². The molecular formula is C18H15F3N4O. The molecule has 1 N–H and O–H groups in total. The van der Waals surface area contributed by atoms with Crippen LogP contribution in [0.5, 0.6) is 0 Å². The van der Waals surface area contributed by atoms with Crippen LogP contribution < -0.4 is 5.32 Å². The SMILES string of the molecule is O=C(/C=C/c1ccc(C(F)(F)F)cc1)NCCc1nnc2ccccn12. The van der Waals surface area contributed by atoms with Gasteiger partial charge in [0.25, 0.3) is 0 Å². The highest BCUT2D eigenvalue weighted by Gasteiger charge is 2.29. The van der Waals surface area contributed by atoms with E-state index < -0.39 is 11.7 Å². The average molecular weight is 360 g/mol. The van der Waals surface area contributed by atoms with Crippen LogP contribution in [0.25, 0.3) is 11.7 Å². The molecule has 3 aromatic rings. The third-order valence-corrected chi connectivity index (χ3v) is 3.70. The Bertz CT molecular complexity index is 930. The standard InChI is InChI=1S/C18H15F3N4O/c19-18(20,21)14-7-4-13(5-8-14)6-9-17(26)22-11-10-16-24-23-15-3-1-2-12-25(15)16/h1-9,12H,10-11H2,(H,22,26)/b9-6+. The van der Waals surface area contributed by atoms with E-state index in [-0.39, 0.29) is 5.91 Å². The first-order valence-electron chi connectivity index (χ1n) is 7.85. The van der Waals surface area contributed by atoms with E-state index in [0.717, 1.165) is 23.6 Å². The highest BCUT2D eigenvalue weighted by molar-refractivity contribution is 5.91. The zero-order valence-corrected chi connectivity index (χ0v) is 13.6. The van der Waals surface area contributed by atoms with Gasteiger partial charge in [0.05, 0.1) is 5.56 Å². The topological polar surface area (TPSA) is 59.3 Å². The van der Waals surface area contributed by atoms with Gasteiger partial charge in [-0.15, -0.1) is 10.2 Å². The number of aromatic nitrogens is 3. The van der Waals surface area contributed by atoms with Gasteiger partial charge in [-0.2, -0.15) is 13.2 Å². The van der Waals surface area contributed by atoms with Crippen molar-refractivity contribution in [3.05, 3.63) is 71.7 Å². The van der Waals surface area contributed by atoms with E-state index in [1.54, 1.807) is 0 Å². The summed E-state index contributed by atoms with van der Waals surface area (Å²) < 4.78 is 39.3. The van der Waals surface area contributed by atoms with Crippen LogP contribution in [-0.4, -0.2) is 27.0 Å². The summed E-state index contributed by atoms with van der Waals surface area (Å²) in [6.07, 6.45) is 0.722. The molecule has 0 aliphatic rings. The van der Waals surface area contributed by atoms with Crippen LogP contribution in [0.15, 0.2) is 54.7 Å². The minimum atomic E-state index is -4.37. The van der Waals surface area contributed by atoms with Crippen LogP contribution >= 0.6 is 0 Å². The predicted molar refractivity (Wildman–Crippen MR) is 90.2 cm³/mol. The normalized spacial score (nSPS) is 12.0. The van der Waals surface area contributed by atoms with Crippen molar-refractivity contribution in [2.75, 3.05) is 6.54 Å². The Morgan fingerprint density at radius 3 is 2.62 bits per heavy atom. The molecule has 0 atom stereocenters. The molecule has 26 heavy (non-hydrogen) atoms. The zero-order valence-electron chi connectivity index (χ0n) is 13.6. The number of fused-ring (bicyclic) bond motifs is 1. The fraction of sp³-hybridized carbons (Fsp3) is 0.167. The number of pyridine rings is 1. The second-order valence-electron chi connectivity index (χ2n) is 5.54. The monoisotopic (exact) mass is 360 g/mol. The molecule has 5 nitrogen and oxygen atoms in total. The van der Waals surface area contributed by atoms with Gasteiger partial charge in [-0.1, -0.05) is 18.2 Å². The van der Waals surface area contributed by atoms with Gasteiger partial charge in [0, 0.05) is 25.2 Å². The largest absolute Gasteiger partial charge is 0.416 e. The van der Waals surface area contributed by atoms with Crippen molar-refractivity contribution < 1.29 is 18.0 Å². The summed E-state index contributed by atoms with van der Waals surface area (Å²) in [7, 11) is 0. The quantitative estimate of drug-likeness (QED) is 0.711. The van der Waals surface area contributed by atoms with Crippen molar-refractivity contribution in [1.29, 1.82) is 0 Å². The number of carbonyl (C=O) groups is 1. The number of carbonyl (C=O) groups excluding carboxylic acids is 1. The minimum absolute atomic E-state index is 0.335. The maximum atomic E-state index is 12.5. The molecule has 0 bridgehead atoms. The molecule has 3 rings (SSSR count). The van der Waals surface area contributed by atoms with Crippen LogP contribution in [-0.2, 0) is 17.4 Å². The van der Waals surface area contributed by atoms with Gasteiger partial charge in [0.1, 0.15) is 5.82 Å². The van der Waals surface area contributed by atoms with Crippen LogP contribution in [0.3, 0.4) is 0 Å². The molecular weight excluding hydrogens is 345 g/mol. The van der Waals surface area contributed by atoms with E-state index in [0.29, 0.717) is 18.5 Å². The van der Waals surface area contributed by atoms with Crippen molar-refractivity contribution in [3.63, 3.8) is 0 Å². The van der Waals surface area contributed by atoms with Gasteiger partial charge in [-0.25, -0.2) is 0 Å². The van der Waals surface area contributed by atoms with E-state index in [4.69, 9.17) is 0 Å². The lowest BCUT2D eigenvalue weighted by Crippen LogP contribution is -2.24. The molecule has 0 radical (unpaired) electrons. The first-order valence-corrected chi connectivity index (χ1v) is 7.85. The Kier molecular flexibility index (Phi) is 5.01. The number of amides is 1. The molecule has 0 fully saturated rings. The van der Waals surface area contributed by atoms with Gasteiger partial charge >= 0.3 is 6.18 Å². The molecule has 1 aromatic carbocycles. The summed E-state index contributed by atoms with van der Waals surface area (Å²) >= 11 is 0. The fourth-order valence-corrected chi connectivity index (χ4v) is 2.37. The minimum Gasteiger partial charge on any atom is -0.352 e. The number of rotatable bonds is 5. The van der Waals surface area contributed by atoms with E-state index >= 15 is 0 Å². The maximum absolute atomic E-state index is 12.5. The van der Waals surface area contributed by atoms with Crippen LogP contribution in [0.1, 0.15) is 17.0 Å². The third kappa shape index (κ3) is 4.27. The summed E-state index contributed by atoms with van der Waals surface area (Å²) in [5, 5.41) is 10.8. The first-order chi connectivity index (χ1) is 12.4. The van der Waals surface area contributed by atoms with Gasteiger partial charge in [-0.05, 0) is 35.9 Å². The molecule has 8 heteroatoms. The van der Waals surface area contributed by atoms with Gasteiger partial charge in [0.15, 0.2) is 5.65 Å². The number of halogens is 3. The number of hydrogen-bond donors (Lipinski definition) is 1. The number of nitrogens with one attached hydrogen (secondary N) is 1. The maximum Gasteiger partial charge on any atom is 0.416 e. The summed E-state index contributed by atoms with van der Waals surface area (Å²) in [5.41, 5.74) is 0.521. The van der Waals surface area contributed by atoms with Crippen molar-refractivity contribution in [2.24, 2.45) is 0 Å². The Hall–Kier alpha value is -3.16. The summed E-state index contributed by atoms with van der Waals surface area (Å²) in [4.78, 5) is 11.8. The van der Waals surface area contributed by atoms with Crippen molar-refractivity contribution in [3.8, 4) is 0 Å². The molecule has 0 spiro atoms. The first kappa shape index (κ1) is 17.7. The molecule has 2 heterocycles. The molecule has 0 aliphatic carbocycles. The summed E-state index contributed by atoms with van der Waals surface area (Å²) in [6, 6.07) is 10.2. The molecule has 0 saturated carbocycles. The molecule has 134 valence electrons. The highest BCUT2D eigenvalue weighted by Crippen LogP contribution is 2.29. The van der Waals surface area contributed by atoms with Crippen molar-refractivity contribution in [1.82, 2.24) is 19.9 Å². The Balaban J connectivity index is 1.51. The average Bonchev–Trinajstić information content (AvgIpc) is 3.03. The molecule has 0 aliphatic heterocycles. The van der Waals surface area contributed by atoms with Crippen LogP contribution in [0.2, 0.25) is 0 Å². The van der Waals surface area contributed by atoms with Gasteiger partial charge < -0.3 is 5.32 Å². The Morgan fingerprint density at radius 1 is 1.12 bits per heavy atom. The molecule has 1 amide bonds. The second kappa shape index (κ2) is 7.38. The lowest BCUT2D eigenvalue weighted by molar-refractivity contribution is -0.137. The van der Waals surface area contributed by atoms with E-state index in [2.05, 4.69) is 15.5 Å². The second-order valence-corrected chi connectivity index (χ2v) is 5.54. The van der Waals surface area contributed by atoms with Crippen LogP contribution in [0.4, 0.5) is 13.2 Å². The van der Waals surface area contributed by atoms with E-state index in [1.807, 2.05) is 28.8 Å². The Morgan fingerprint density at radius 2 is 1.88 bits per heavy atom. The lowest BCUT2D eigenvalue weighted by atomic mass is 10.1. The predicted octanol–water partition coefficient (Wildman–Crippen LogP) is 3.12. The summed E-state index contributed by atoms with van der Waals surface area (Å²) in [6.45, 7) is 0.367. The molecule has 2 aromatic heterocycles. The van der Waals surface area contributed by atoms with Crippen LogP contribution in [0, 0.1) is 0 Å². The number of nitrogens with zero attached hydrogens (tertiary/aromatic N) is 3. The molecule has 0 unspecified atom stereocenters. The third-order valence-electron chi connectivity index (χ3n) is 3.70. The highest BCUT2D eigenvalue weighted by atomic mass is 19.4. The van der Waals surface area contributed by atoms with Gasteiger partial charge in [0.2, 0.25) is 5.91 Å².